The number of hydrogen-bond acceptors (Lipinski definition) is 1. The molecule has 0 bridgehead atoms. The van der Waals surface area contributed by atoms with Crippen LogP contribution in [0, 0.1) is 0 Å². The number of ketones is 1. The summed E-state index contributed by atoms with van der Waals surface area (Å²) in [6, 6.07) is 6.87. The largest absolute Gasteiger partial charge is 0.288 e. The normalized spacial score (nSPS) is 9.50. The molecule has 1 aromatic carbocycles. The second kappa shape index (κ2) is 3.87. The van der Waals surface area contributed by atoms with Gasteiger partial charge >= 0.3 is 0 Å². The minimum absolute atomic E-state index is 0.180. The van der Waals surface area contributed by atoms with Crippen LogP contribution in [0.4, 0.5) is 0 Å². The molecule has 0 saturated carbocycles. The molecule has 0 unspecified atom stereocenters. The fourth-order valence-electron chi connectivity index (χ4n) is 0.791. The molecule has 0 saturated heterocycles. The van der Waals surface area contributed by atoms with Crippen LogP contribution in [0.15, 0.2) is 35.3 Å². The van der Waals surface area contributed by atoms with E-state index in [4.69, 9.17) is 11.6 Å². The van der Waals surface area contributed by atoms with Crippen molar-refractivity contribution < 1.29 is 4.79 Å². The molecule has 3 heteroatoms. The van der Waals surface area contributed by atoms with Crippen molar-refractivity contribution in [2.75, 3.05) is 0 Å². The summed E-state index contributed by atoms with van der Waals surface area (Å²) in [6.45, 7) is 3.48. The highest BCUT2D eigenvalue weighted by atomic mass is 79.9. The van der Waals surface area contributed by atoms with Crippen LogP contribution in [-0.4, -0.2) is 5.78 Å². The van der Waals surface area contributed by atoms with E-state index in [1.54, 1.807) is 24.3 Å². The highest BCUT2D eigenvalue weighted by Crippen LogP contribution is 2.19. The predicted molar refractivity (Wildman–Crippen MR) is 53.8 cm³/mol. The Morgan fingerprint density at radius 3 is 2.50 bits per heavy atom. The smallest absolute Gasteiger partial charge is 0.200 e. The molecule has 0 aromatic heterocycles. The molecule has 1 aromatic rings. The van der Waals surface area contributed by atoms with Crippen molar-refractivity contribution in [1.29, 1.82) is 0 Å². The fraction of sp³-hybridized carbons (Fsp3) is 0. The van der Waals surface area contributed by atoms with E-state index in [0.29, 0.717) is 15.1 Å². The van der Waals surface area contributed by atoms with Gasteiger partial charge in [-0.3, -0.25) is 4.79 Å². The van der Waals surface area contributed by atoms with Crippen molar-refractivity contribution in [3.05, 3.63) is 45.9 Å². The zero-order valence-electron chi connectivity index (χ0n) is 6.18. The molecule has 0 aliphatic rings. The van der Waals surface area contributed by atoms with E-state index in [0.717, 1.165) is 0 Å². The first-order chi connectivity index (χ1) is 5.63. The van der Waals surface area contributed by atoms with Gasteiger partial charge in [0.05, 0.1) is 9.51 Å². The van der Waals surface area contributed by atoms with Crippen LogP contribution in [0.2, 0.25) is 5.02 Å². The zero-order valence-corrected chi connectivity index (χ0v) is 8.52. The molecule has 0 aliphatic heterocycles. The Hall–Kier alpha value is -0.600. The summed E-state index contributed by atoms with van der Waals surface area (Å²) >= 11 is 8.79. The van der Waals surface area contributed by atoms with Gasteiger partial charge in [0.25, 0.3) is 0 Å². The summed E-state index contributed by atoms with van der Waals surface area (Å²) in [6.07, 6.45) is 0. The fourth-order valence-corrected chi connectivity index (χ4v) is 1.23. The maximum atomic E-state index is 11.3. The molecule has 0 amide bonds. The van der Waals surface area contributed by atoms with Crippen LogP contribution in [0.5, 0.6) is 0 Å². The third-order valence-electron chi connectivity index (χ3n) is 1.36. The van der Waals surface area contributed by atoms with Gasteiger partial charge < -0.3 is 0 Å². The maximum absolute atomic E-state index is 11.3. The molecule has 0 heterocycles. The molecular formula is C9H6BrClO. The monoisotopic (exact) mass is 244 g/mol. The minimum atomic E-state index is -0.180. The molecule has 0 fully saturated rings. The van der Waals surface area contributed by atoms with Gasteiger partial charge in [-0.05, 0) is 28.1 Å². The van der Waals surface area contributed by atoms with Gasteiger partial charge in [-0.1, -0.05) is 30.3 Å². The Balaban J connectivity index is 3.11. The van der Waals surface area contributed by atoms with Crippen LogP contribution in [0.1, 0.15) is 10.4 Å². The lowest BCUT2D eigenvalue weighted by Crippen LogP contribution is -1.97. The van der Waals surface area contributed by atoms with E-state index >= 15 is 0 Å². The lowest BCUT2D eigenvalue weighted by atomic mass is 10.1. The number of hydrogen-bond donors (Lipinski definition) is 0. The standard InChI is InChI=1S/C9H6BrClO/c1-6(10)9(12)7-4-2-3-5-8(7)11/h2-5H,1H2. The lowest BCUT2D eigenvalue weighted by Gasteiger charge is -1.99. The summed E-state index contributed by atoms with van der Waals surface area (Å²) in [5, 5.41) is 0.447. The van der Waals surface area contributed by atoms with E-state index in [-0.39, 0.29) is 5.78 Å². The average molecular weight is 246 g/mol. The molecular weight excluding hydrogens is 239 g/mol. The number of carbonyl (C=O) groups excluding carboxylic acids is 1. The first-order valence-corrected chi connectivity index (χ1v) is 4.43. The molecule has 0 spiro atoms. The number of benzene rings is 1. The zero-order chi connectivity index (χ0) is 9.14. The van der Waals surface area contributed by atoms with Crippen molar-refractivity contribution in [2.24, 2.45) is 0 Å². The van der Waals surface area contributed by atoms with Crippen molar-refractivity contribution in [3.8, 4) is 0 Å². The Morgan fingerprint density at radius 1 is 1.42 bits per heavy atom. The minimum Gasteiger partial charge on any atom is -0.288 e. The maximum Gasteiger partial charge on any atom is 0.200 e. The van der Waals surface area contributed by atoms with Crippen LogP contribution in [0.3, 0.4) is 0 Å². The van der Waals surface area contributed by atoms with Gasteiger partial charge in [0.1, 0.15) is 0 Å². The molecule has 0 aliphatic carbocycles. The van der Waals surface area contributed by atoms with Gasteiger partial charge in [-0.25, -0.2) is 0 Å². The van der Waals surface area contributed by atoms with Crippen molar-refractivity contribution in [1.82, 2.24) is 0 Å². The van der Waals surface area contributed by atoms with Crippen LogP contribution >= 0.6 is 27.5 Å². The van der Waals surface area contributed by atoms with E-state index in [2.05, 4.69) is 22.5 Å². The first-order valence-electron chi connectivity index (χ1n) is 3.26. The quantitative estimate of drug-likeness (QED) is 0.576. The highest BCUT2D eigenvalue weighted by molar-refractivity contribution is 9.12. The Kier molecular flexibility index (Phi) is 3.06. The molecule has 1 nitrogen and oxygen atoms in total. The summed E-state index contributed by atoms with van der Waals surface area (Å²) in [5.41, 5.74) is 0.473. The Bertz CT molecular complexity index is 333. The number of rotatable bonds is 2. The van der Waals surface area contributed by atoms with E-state index in [1.165, 1.54) is 0 Å². The Morgan fingerprint density at radius 2 is 2.00 bits per heavy atom. The number of carbonyl (C=O) groups is 1. The summed E-state index contributed by atoms with van der Waals surface area (Å²) < 4.78 is 0.315. The van der Waals surface area contributed by atoms with Crippen molar-refractivity contribution in [3.63, 3.8) is 0 Å². The van der Waals surface area contributed by atoms with Crippen LogP contribution in [-0.2, 0) is 0 Å². The third-order valence-corrected chi connectivity index (χ3v) is 2.05. The van der Waals surface area contributed by atoms with E-state index in [1.807, 2.05) is 0 Å². The molecule has 0 atom stereocenters. The SMILES string of the molecule is C=C(Br)C(=O)c1ccccc1Cl. The Labute approximate surface area is 84.2 Å². The topological polar surface area (TPSA) is 17.1 Å². The van der Waals surface area contributed by atoms with Gasteiger partial charge in [0.2, 0.25) is 5.78 Å². The number of Topliss-reactive ketones (excluding diaryl/α,β-unsaturated/α-hetero) is 1. The first kappa shape index (κ1) is 9.49. The second-order valence-electron chi connectivity index (χ2n) is 2.21. The second-order valence-corrected chi connectivity index (χ2v) is 3.58. The highest BCUT2D eigenvalue weighted by Gasteiger charge is 2.10. The molecule has 12 heavy (non-hydrogen) atoms. The van der Waals surface area contributed by atoms with Crippen LogP contribution in [0.25, 0.3) is 0 Å². The number of allylic oxidation sites excluding steroid dienone is 1. The van der Waals surface area contributed by atoms with E-state index < -0.39 is 0 Å². The number of halogens is 2. The van der Waals surface area contributed by atoms with Crippen LogP contribution < -0.4 is 0 Å². The summed E-state index contributed by atoms with van der Waals surface area (Å²) in [4.78, 5) is 11.3. The van der Waals surface area contributed by atoms with Crippen molar-refractivity contribution in [2.45, 2.75) is 0 Å². The van der Waals surface area contributed by atoms with Crippen molar-refractivity contribution >= 4 is 33.3 Å². The summed E-state index contributed by atoms with van der Waals surface area (Å²) in [7, 11) is 0. The third kappa shape index (κ3) is 1.96. The average Bonchev–Trinajstić information content (AvgIpc) is 2.04. The molecule has 1 rings (SSSR count). The molecule has 0 N–H and O–H groups in total. The van der Waals surface area contributed by atoms with Gasteiger partial charge in [0, 0.05) is 5.56 Å². The van der Waals surface area contributed by atoms with E-state index in [9.17, 15) is 4.79 Å². The van der Waals surface area contributed by atoms with Gasteiger partial charge in [-0.15, -0.1) is 0 Å². The van der Waals surface area contributed by atoms with Gasteiger partial charge in [-0.2, -0.15) is 0 Å². The lowest BCUT2D eigenvalue weighted by molar-refractivity contribution is 0.104. The van der Waals surface area contributed by atoms with Gasteiger partial charge in [0.15, 0.2) is 0 Å². The molecule has 0 radical (unpaired) electrons. The molecule has 62 valence electrons. The predicted octanol–water partition coefficient (Wildman–Crippen LogP) is 3.43. The summed E-state index contributed by atoms with van der Waals surface area (Å²) in [5.74, 6) is -0.180.